The summed E-state index contributed by atoms with van der Waals surface area (Å²) in [4.78, 5) is 22.1. The third-order valence-corrected chi connectivity index (χ3v) is 6.73. The number of methoxy groups -OCH3 is 1. The smallest absolute Gasteiger partial charge is 0.306 e. The van der Waals surface area contributed by atoms with E-state index in [0.29, 0.717) is 6.42 Å². The van der Waals surface area contributed by atoms with Crippen LogP contribution in [0.25, 0.3) is 0 Å². The molecule has 1 N–H and O–H groups in total. The molecule has 0 aromatic rings. The van der Waals surface area contributed by atoms with Gasteiger partial charge in [0.25, 0.3) is 0 Å². The van der Waals surface area contributed by atoms with Crippen LogP contribution in [0.1, 0.15) is 74.7 Å². The van der Waals surface area contributed by atoms with Gasteiger partial charge in [-0.1, -0.05) is 19.6 Å². The van der Waals surface area contributed by atoms with Crippen LogP contribution in [0.2, 0.25) is 0 Å². The van der Waals surface area contributed by atoms with E-state index >= 15 is 0 Å². The summed E-state index contributed by atoms with van der Waals surface area (Å²) in [5.74, 6) is -1.73. The molecule has 8 heteroatoms. The predicted molar refractivity (Wildman–Crippen MR) is 127 cm³/mol. The highest BCUT2D eigenvalue weighted by Gasteiger charge is 2.51. The lowest BCUT2D eigenvalue weighted by atomic mass is 9.98. The normalized spacial score (nSPS) is 36.9. The van der Waals surface area contributed by atoms with E-state index in [2.05, 4.69) is 0 Å². The fraction of sp³-hybridized carbons (Fsp3) is 0.769. The Hall–Kier alpha value is -1.74. The van der Waals surface area contributed by atoms with E-state index in [1.807, 2.05) is 53.7 Å². The number of allylic oxidation sites excluding steroid dienone is 2. The second kappa shape index (κ2) is 10.9. The molecule has 4 fully saturated rings. The molecule has 0 aromatic carbocycles. The number of carboxylic acids is 1. The summed E-state index contributed by atoms with van der Waals surface area (Å²) in [5.41, 5.74) is 2.25. The van der Waals surface area contributed by atoms with Gasteiger partial charge in [-0.05, 0) is 77.4 Å². The SMILES string of the molecule is C.C/C=C1\[C@H](CC(=O)O)C[C@H]2OC(C)(C)O[C@@H]12.C/C=C1\[C@H](CC(=O)OC)C[C@H]2OC(C)(C)O[C@@H]12. The van der Waals surface area contributed by atoms with Gasteiger partial charge in [0, 0.05) is 0 Å². The van der Waals surface area contributed by atoms with Crippen molar-refractivity contribution in [2.24, 2.45) is 11.8 Å². The van der Waals surface area contributed by atoms with Gasteiger partial charge in [-0.2, -0.15) is 0 Å². The molecule has 6 atom stereocenters. The first kappa shape index (κ1) is 28.5. The molecular weight excluding hydrogens is 440 g/mol. The molecule has 0 spiro atoms. The predicted octanol–water partition coefficient (Wildman–Crippen LogP) is 4.62. The molecule has 4 rings (SSSR count). The van der Waals surface area contributed by atoms with Crippen molar-refractivity contribution in [3.05, 3.63) is 23.3 Å². The van der Waals surface area contributed by atoms with Gasteiger partial charge >= 0.3 is 11.9 Å². The summed E-state index contributed by atoms with van der Waals surface area (Å²) in [6.07, 6.45) is 6.23. The summed E-state index contributed by atoms with van der Waals surface area (Å²) < 4.78 is 28.0. The summed E-state index contributed by atoms with van der Waals surface area (Å²) >= 11 is 0. The average molecular weight is 483 g/mol. The molecule has 0 bridgehead atoms. The second-order valence-electron chi connectivity index (χ2n) is 10.0. The van der Waals surface area contributed by atoms with Gasteiger partial charge < -0.3 is 28.8 Å². The number of esters is 1. The maximum atomic E-state index is 11.3. The van der Waals surface area contributed by atoms with Crippen molar-refractivity contribution in [3.8, 4) is 0 Å². The molecule has 2 aliphatic carbocycles. The van der Waals surface area contributed by atoms with E-state index < -0.39 is 17.5 Å². The number of hydrogen-bond acceptors (Lipinski definition) is 7. The van der Waals surface area contributed by atoms with Crippen molar-refractivity contribution in [2.45, 2.75) is 111 Å². The third kappa shape index (κ3) is 6.27. The van der Waals surface area contributed by atoms with E-state index in [-0.39, 0.29) is 56.1 Å². The lowest BCUT2D eigenvalue weighted by Crippen LogP contribution is -2.24. The van der Waals surface area contributed by atoms with Crippen molar-refractivity contribution >= 4 is 11.9 Å². The Kier molecular flexibility index (Phi) is 9.13. The molecule has 0 aromatic heterocycles. The van der Waals surface area contributed by atoms with Crippen LogP contribution in [0.3, 0.4) is 0 Å². The molecule has 2 aliphatic heterocycles. The molecule has 0 amide bonds. The molecule has 2 saturated heterocycles. The number of carboxylic acid groups (broad SMARTS) is 1. The van der Waals surface area contributed by atoms with Crippen LogP contribution >= 0.6 is 0 Å². The van der Waals surface area contributed by atoms with Crippen molar-refractivity contribution in [1.29, 1.82) is 0 Å². The Morgan fingerprint density at radius 1 is 0.882 bits per heavy atom. The van der Waals surface area contributed by atoms with E-state index in [9.17, 15) is 9.59 Å². The highest BCUT2D eigenvalue weighted by Crippen LogP contribution is 2.46. The topological polar surface area (TPSA) is 101 Å². The van der Waals surface area contributed by atoms with Gasteiger partial charge in [-0.25, -0.2) is 0 Å². The zero-order valence-electron chi connectivity index (χ0n) is 20.8. The third-order valence-electron chi connectivity index (χ3n) is 6.73. The highest BCUT2D eigenvalue weighted by atomic mass is 16.8. The van der Waals surface area contributed by atoms with Crippen molar-refractivity contribution in [2.75, 3.05) is 7.11 Å². The lowest BCUT2D eigenvalue weighted by Gasteiger charge is -2.21. The van der Waals surface area contributed by atoms with Crippen LogP contribution < -0.4 is 0 Å². The van der Waals surface area contributed by atoms with Crippen molar-refractivity contribution in [3.63, 3.8) is 0 Å². The number of carbonyl (C=O) groups is 2. The standard InChI is InChI=1S/C13H20O4.C12H18O4.CH4/c1-5-9-8(7-11(14)15-4)6-10-12(9)17-13(2,3)16-10;1-4-8-7(6-10(13)14)5-9-11(8)16-12(2,3)15-9;/h5,8,10,12H,6-7H2,1-4H3;4,7,9,11H,5-6H2,1-3H3,(H,13,14);1H4/b9-5+;8-4+;/t8-,10+,12-;7-,9+,11-;/m00./s1. The minimum absolute atomic E-state index is 0. The Balaban J connectivity index is 0.000000234. The molecule has 0 radical (unpaired) electrons. The summed E-state index contributed by atoms with van der Waals surface area (Å²) in [6.45, 7) is 11.6. The quantitative estimate of drug-likeness (QED) is 0.458. The van der Waals surface area contributed by atoms with E-state index in [1.165, 1.54) is 12.7 Å². The van der Waals surface area contributed by atoms with E-state index in [4.69, 9.17) is 28.8 Å². The number of fused-ring (bicyclic) bond motifs is 2. The van der Waals surface area contributed by atoms with Gasteiger partial charge in [0.1, 0.15) is 12.2 Å². The Morgan fingerprint density at radius 3 is 1.65 bits per heavy atom. The zero-order valence-corrected chi connectivity index (χ0v) is 20.8. The molecule has 2 saturated carbocycles. The Labute approximate surface area is 203 Å². The largest absolute Gasteiger partial charge is 0.481 e. The maximum absolute atomic E-state index is 11.3. The van der Waals surface area contributed by atoms with Crippen molar-refractivity contribution in [1.82, 2.24) is 0 Å². The number of rotatable bonds is 4. The van der Waals surface area contributed by atoms with Gasteiger partial charge in [0.15, 0.2) is 11.6 Å². The molecular formula is C26H42O8. The first-order valence-electron chi connectivity index (χ1n) is 11.7. The highest BCUT2D eigenvalue weighted by molar-refractivity contribution is 5.70. The molecule has 2 heterocycles. The summed E-state index contributed by atoms with van der Waals surface area (Å²) in [6, 6.07) is 0. The monoisotopic (exact) mass is 482 g/mol. The van der Waals surface area contributed by atoms with Crippen LogP contribution in [-0.4, -0.2) is 60.1 Å². The second-order valence-corrected chi connectivity index (χ2v) is 10.0. The fourth-order valence-electron chi connectivity index (χ4n) is 5.58. The van der Waals surface area contributed by atoms with Crippen LogP contribution in [-0.2, 0) is 33.3 Å². The zero-order chi connectivity index (χ0) is 24.6. The van der Waals surface area contributed by atoms with Crippen LogP contribution in [0, 0.1) is 11.8 Å². The summed E-state index contributed by atoms with van der Waals surface area (Å²) in [7, 11) is 1.42. The molecule has 34 heavy (non-hydrogen) atoms. The maximum Gasteiger partial charge on any atom is 0.306 e. The Morgan fingerprint density at radius 2 is 1.29 bits per heavy atom. The summed E-state index contributed by atoms with van der Waals surface area (Å²) in [5, 5.41) is 8.84. The Bertz CT molecular complexity index is 812. The first-order valence-corrected chi connectivity index (χ1v) is 11.7. The van der Waals surface area contributed by atoms with Crippen LogP contribution in [0.15, 0.2) is 23.3 Å². The lowest BCUT2D eigenvalue weighted by molar-refractivity contribution is -0.151. The van der Waals surface area contributed by atoms with Crippen LogP contribution in [0.4, 0.5) is 0 Å². The van der Waals surface area contributed by atoms with E-state index in [1.54, 1.807) is 0 Å². The van der Waals surface area contributed by atoms with E-state index in [0.717, 1.165) is 18.4 Å². The van der Waals surface area contributed by atoms with Crippen LogP contribution in [0.5, 0.6) is 0 Å². The van der Waals surface area contributed by atoms with Gasteiger partial charge in [-0.15, -0.1) is 0 Å². The van der Waals surface area contributed by atoms with Gasteiger partial charge in [0.2, 0.25) is 0 Å². The fourth-order valence-corrected chi connectivity index (χ4v) is 5.58. The molecule has 0 unspecified atom stereocenters. The number of aliphatic carboxylic acids is 1. The van der Waals surface area contributed by atoms with Gasteiger partial charge in [0.05, 0.1) is 32.2 Å². The average Bonchev–Trinajstić information content (AvgIpc) is 3.35. The number of carbonyl (C=O) groups excluding carboxylic acids is 1. The number of hydrogen-bond donors (Lipinski definition) is 1. The first-order chi connectivity index (χ1) is 15.4. The minimum atomic E-state index is -0.761. The number of ether oxygens (including phenoxy) is 5. The molecule has 194 valence electrons. The van der Waals surface area contributed by atoms with Gasteiger partial charge in [-0.3, -0.25) is 9.59 Å². The molecule has 8 nitrogen and oxygen atoms in total. The molecule has 4 aliphatic rings. The minimum Gasteiger partial charge on any atom is -0.481 e. The van der Waals surface area contributed by atoms with Crippen molar-refractivity contribution < 1.29 is 38.4 Å².